The third kappa shape index (κ3) is 3.03. The van der Waals surface area contributed by atoms with Gasteiger partial charge in [-0.15, -0.1) is 11.3 Å². The molecule has 3 rings (SSSR count). The number of nitrogens with zero attached hydrogens (tertiary/aromatic N) is 2. The number of hydrogen-bond donors (Lipinski definition) is 0. The van der Waals surface area contributed by atoms with Crippen molar-refractivity contribution in [1.82, 2.24) is 0 Å². The van der Waals surface area contributed by atoms with E-state index in [4.69, 9.17) is 0 Å². The number of thiophene rings is 1. The van der Waals surface area contributed by atoms with Crippen molar-refractivity contribution in [2.24, 2.45) is 4.36 Å². The fourth-order valence-electron chi connectivity index (χ4n) is 2.35. The second-order valence-electron chi connectivity index (χ2n) is 5.65. The topological polar surface area (TPSA) is 83.9 Å². The number of sulfonamides is 1. The van der Waals surface area contributed by atoms with Gasteiger partial charge in [0.25, 0.3) is 10.0 Å². The lowest BCUT2D eigenvalue weighted by Gasteiger charge is -2.24. The Hall–Kier alpha value is -1.97. The molecule has 2 aromatic rings. The quantitative estimate of drug-likeness (QED) is 0.731. The van der Waals surface area contributed by atoms with Crippen LogP contribution in [0.25, 0.3) is 0 Å². The molecule has 1 aliphatic rings. The summed E-state index contributed by atoms with van der Waals surface area (Å²) in [6.45, 7) is 1.90. The van der Waals surface area contributed by atoms with Crippen molar-refractivity contribution >= 4 is 42.6 Å². The number of ketones is 1. The lowest BCUT2D eigenvalue weighted by Crippen LogP contribution is -2.35. The number of hydrogen-bond acceptors (Lipinski definition) is 6. The van der Waals surface area contributed by atoms with Crippen molar-refractivity contribution in [3.63, 3.8) is 0 Å². The van der Waals surface area contributed by atoms with Gasteiger partial charge in [-0.2, -0.15) is 0 Å². The summed E-state index contributed by atoms with van der Waals surface area (Å²) >= 11 is 1.16. The Morgan fingerprint density at radius 2 is 1.84 bits per heavy atom. The first-order chi connectivity index (χ1) is 11.6. The smallest absolute Gasteiger partial charge is 0.269 e. The van der Waals surface area contributed by atoms with E-state index in [1.54, 1.807) is 35.7 Å². The van der Waals surface area contributed by atoms with Gasteiger partial charge in [0.15, 0.2) is 4.91 Å². The summed E-state index contributed by atoms with van der Waals surface area (Å²) in [6.07, 6.45) is 2.34. The second kappa shape index (κ2) is 6.08. The van der Waals surface area contributed by atoms with E-state index in [2.05, 4.69) is 4.36 Å². The van der Waals surface area contributed by atoms with Gasteiger partial charge in [0.05, 0.1) is 21.6 Å². The fourth-order valence-corrected chi connectivity index (χ4v) is 5.71. The molecule has 0 saturated heterocycles. The number of Topliss-reactive ketones (excluding diaryl/α,β-unsaturated/α-hetero) is 1. The predicted molar refractivity (Wildman–Crippen MR) is 100.0 cm³/mol. The highest BCUT2D eigenvalue weighted by Gasteiger charge is 2.39. The first-order valence-corrected chi connectivity index (χ1v) is 11.5. The van der Waals surface area contributed by atoms with Crippen LogP contribution < -0.4 is 4.31 Å². The number of allylic oxidation sites excluding steroid dienone is 1. The standard InChI is InChI=1S/C16H16N2O4S3/c1-11-4-6-12(7-5-11)24(3,20)17-10-14-15(19)16-13(8-9-23-16)18(2)25(14,21)22/h4-10H,1-3H3/b14-10+/t24-/m1/s1. The van der Waals surface area contributed by atoms with Crippen LogP contribution >= 0.6 is 11.3 Å². The summed E-state index contributed by atoms with van der Waals surface area (Å²) in [5.41, 5.74) is 1.36. The van der Waals surface area contributed by atoms with Gasteiger partial charge in [0.2, 0.25) is 5.78 Å². The molecule has 0 bridgehead atoms. The molecule has 9 heteroatoms. The SMILES string of the molecule is Cc1ccc([S@@](C)(=O)=N/C=C2\C(=O)c3sccc3N(C)S2(=O)=O)cc1. The van der Waals surface area contributed by atoms with Crippen molar-refractivity contribution in [3.05, 3.63) is 57.3 Å². The molecule has 1 aromatic heterocycles. The number of rotatable bonds is 2. The largest absolute Gasteiger partial charge is 0.287 e. The molecule has 0 unspecified atom stereocenters. The molecule has 1 aliphatic heterocycles. The summed E-state index contributed by atoms with van der Waals surface area (Å²) in [5, 5.41) is 1.66. The van der Waals surface area contributed by atoms with Crippen LogP contribution in [0.1, 0.15) is 15.2 Å². The predicted octanol–water partition coefficient (Wildman–Crippen LogP) is 3.02. The van der Waals surface area contributed by atoms with Crippen LogP contribution in [0.15, 0.2) is 56.1 Å². The molecule has 0 aliphatic carbocycles. The normalized spacial score (nSPS) is 20.2. The molecule has 0 fully saturated rings. The van der Waals surface area contributed by atoms with E-state index in [9.17, 15) is 17.4 Å². The molecule has 0 saturated carbocycles. The Bertz CT molecular complexity index is 1100. The third-order valence-electron chi connectivity index (χ3n) is 3.88. The zero-order valence-corrected chi connectivity index (χ0v) is 16.2. The van der Waals surface area contributed by atoms with Crippen molar-refractivity contribution in [1.29, 1.82) is 0 Å². The first-order valence-electron chi connectivity index (χ1n) is 7.24. The molecule has 0 radical (unpaired) electrons. The summed E-state index contributed by atoms with van der Waals surface area (Å²) in [5.74, 6) is -0.619. The minimum Gasteiger partial charge on any atom is -0.287 e. The molecular weight excluding hydrogens is 380 g/mol. The Balaban J connectivity index is 2.13. The Kier molecular flexibility index (Phi) is 4.34. The van der Waals surface area contributed by atoms with Crippen LogP contribution in [-0.2, 0) is 19.8 Å². The molecule has 132 valence electrons. The van der Waals surface area contributed by atoms with Crippen molar-refractivity contribution < 1.29 is 17.4 Å². The maximum absolute atomic E-state index is 12.8. The molecule has 1 atom stereocenters. The van der Waals surface area contributed by atoms with Crippen molar-refractivity contribution in [2.75, 3.05) is 17.6 Å². The van der Waals surface area contributed by atoms with Gasteiger partial charge in [-0.1, -0.05) is 17.7 Å². The highest BCUT2D eigenvalue weighted by atomic mass is 32.2. The monoisotopic (exact) mass is 396 g/mol. The van der Waals surface area contributed by atoms with E-state index in [0.29, 0.717) is 15.5 Å². The highest BCUT2D eigenvalue weighted by molar-refractivity contribution is 7.98. The zero-order valence-electron chi connectivity index (χ0n) is 13.8. The summed E-state index contributed by atoms with van der Waals surface area (Å²) in [7, 11) is -5.50. The van der Waals surface area contributed by atoms with E-state index in [0.717, 1.165) is 27.4 Å². The van der Waals surface area contributed by atoms with Crippen LogP contribution in [-0.4, -0.2) is 31.7 Å². The van der Waals surface area contributed by atoms with E-state index in [-0.39, 0.29) is 0 Å². The van der Waals surface area contributed by atoms with Gasteiger partial charge in [-0.25, -0.2) is 17.0 Å². The second-order valence-corrected chi connectivity index (χ2v) is 10.8. The number of benzene rings is 1. The average Bonchev–Trinajstić information content (AvgIpc) is 3.03. The van der Waals surface area contributed by atoms with E-state index >= 15 is 0 Å². The Morgan fingerprint density at radius 1 is 1.20 bits per heavy atom. The maximum atomic E-state index is 12.8. The van der Waals surface area contributed by atoms with E-state index in [1.807, 2.05) is 6.92 Å². The van der Waals surface area contributed by atoms with Crippen LogP contribution in [0.4, 0.5) is 5.69 Å². The lowest BCUT2D eigenvalue weighted by atomic mass is 10.2. The average molecular weight is 397 g/mol. The minimum absolute atomic E-state index is 0.330. The van der Waals surface area contributed by atoms with Crippen molar-refractivity contribution in [2.45, 2.75) is 11.8 Å². The Labute approximate surface area is 151 Å². The fraction of sp³-hybridized carbons (Fsp3) is 0.188. The molecule has 6 nitrogen and oxygen atoms in total. The summed E-state index contributed by atoms with van der Waals surface area (Å²) in [6, 6.07) is 8.55. The van der Waals surface area contributed by atoms with Gasteiger partial charge >= 0.3 is 0 Å². The third-order valence-corrected chi connectivity index (χ3v) is 8.20. The number of aryl methyl sites for hydroxylation is 1. The van der Waals surface area contributed by atoms with Crippen LogP contribution in [0.2, 0.25) is 0 Å². The molecule has 25 heavy (non-hydrogen) atoms. The van der Waals surface area contributed by atoms with Gasteiger partial charge < -0.3 is 0 Å². The van der Waals surface area contributed by atoms with E-state index in [1.165, 1.54) is 13.3 Å². The van der Waals surface area contributed by atoms with Gasteiger partial charge in [0.1, 0.15) is 4.88 Å². The van der Waals surface area contributed by atoms with Gasteiger partial charge in [-0.3, -0.25) is 9.10 Å². The number of fused-ring (bicyclic) bond motifs is 1. The molecule has 1 aromatic carbocycles. The molecule has 0 spiro atoms. The number of anilines is 1. The Morgan fingerprint density at radius 3 is 2.48 bits per heavy atom. The van der Waals surface area contributed by atoms with Gasteiger partial charge in [0, 0.05) is 18.2 Å². The lowest BCUT2D eigenvalue weighted by molar-refractivity contribution is 0.104. The summed E-state index contributed by atoms with van der Waals surface area (Å²) in [4.78, 5) is 12.9. The van der Waals surface area contributed by atoms with Crippen LogP contribution in [0.5, 0.6) is 0 Å². The molecule has 2 heterocycles. The minimum atomic E-state index is -4.01. The van der Waals surface area contributed by atoms with Gasteiger partial charge in [-0.05, 0) is 30.5 Å². The summed E-state index contributed by atoms with van der Waals surface area (Å²) < 4.78 is 43.0. The maximum Gasteiger partial charge on any atom is 0.269 e. The highest BCUT2D eigenvalue weighted by Crippen LogP contribution is 2.37. The molecule has 0 N–H and O–H groups in total. The van der Waals surface area contributed by atoms with E-state index < -0.39 is 30.4 Å². The van der Waals surface area contributed by atoms with Crippen LogP contribution in [0, 0.1) is 6.92 Å². The zero-order chi connectivity index (χ0) is 18.4. The first kappa shape index (κ1) is 17.8. The number of carbonyl (C=O) groups is 1. The van der Waals surface area contributed by atoms with Crippen LogP contribution in [0.3, 0.4) is 0 Å². The number of carbonyl (C=O) groups excluding carboxylic acids is 1. The molecule has 0 amide bonds. The van der Waals surface area contributed by atoms with Crippen molar-refractivity contribution in [3.8, 4) is 0 Å². The molecular formula is C16H16N2O4S3.